The predicted molar refractivity (Wildman–Crippen MR) is 135 cm³/mol. The highest BCUT2D eigenvalue weighted by atomic mass is 32.2. The van der Waals surface area contributed by atoms with E-state index in [9.17, 15) is 8.42 Å². The van der Waals surface area contributed by atoms with Gasteiger partial charge < -0.3 is 9.80 Å². The molecule has 0 unspecified atom stereocenters. The first-order valence-corrected chi connectivity index (χ1v) is 13.0. The highest BCUT2D eigenvalue weighted by molar-refractivity contribution is 7.92. The van der Waals surface area contributed by atoms with Gasteiger partial charge in [0.05, 0.1) is 10.1 Å². The van der Waals surface area contributed by atoms with Gasteiger partial charge in [0.25, 0.3) is 0 Å². The molecule has 1 fully saturated rings. The summed E-state index contributed by atoms with van der Waals surface area (Å²) in [7, 11) is -1.18. The SMILES string of the molecule is CC(C)S(=O)(=O)c1ccc(-c2c(-c3cccc(N4CCN(C)CC4)c3)ccn3n[c]nc23)cc1. The molecule has 34 heavy (non-hydrogen) atoms. The molecule has 0 amide bonds. The van der Waals surface area contributed by atoms with E-state index in [0.29, 0.717) is 10.5 Å². The lowest BCUT2D eigenvalue weighted by Gasteiger charge is -2.34. The molecule has 2 aromatic heterocycles. The van der Waals surface area contributed by atoms with Crippen LogP contribution in [0.4, 0.5) is 5.69 Å². The van der Waals surface area contributed by atoms with Gasteiger partial charge in [-0.3, -0.25) is 0 Å². The topological polar surface area (TPSA) is 70.8 Å². The Kier molecular flexibility index (Phi) is 5.87. The van der Waals surface area contributed by atoms with Crippen LogP contribution in [0.15, 0.2) is 65.7 Å². The lowest BCUT2D eigenvalue weighted by molar-refractivity contribution is 0.313. The molecule has 4 aromatic rings. The largest absolute Gasteiger partial charge is 0.369 e. The summed E-state index contributed by atoms with van der Waals surface area (Å²) in [6.45, 7) is 7.47. The van der Waals surface area contributed by atoms with E-state index in [4.69, 9.17) is 0 Å². The molecule has 0 N–H and O–H groups in total. The predicted octanol–water partition coefficient (Wildman–Crippen LogP) is 3.80. The van der Waals surface area contributed by atoms with Crippen LogP contribution in [0.1, 0.15) is 13.8 Å². The normalized spacial score (nSPS) is 15.4. The fourth-order valence-electron chi connectivity index (χ4n) is 4.38. The maximum atomic E-state index is 12.6. The van der Waals surface area contributed by atoms with Crippen LogP contribution < -0.4 is 4.90 Å². The van der Waals surface area contributed by atoms with Crippen LogP contribution in [0.25, 0.3) is 27.9 Å². The maximum Gasteiger partial charge on any atom is 0.221 e. The number of fused-ring (bicyclic) bond motifs is 1. The van der Waals surface area contributed by atoms with Gasteiger partial charge in [-0.15, -0.1) is 5.10 Å². The molecule has 0 atom stereocenters. The maximum absolute atomic E-state index is 12.6. The molecule has 1 aliphatic heterocycles. The molecule has 8 heteroatoms. The molecule has 0 saturated carbocycles. The van der Waals surface area contributed by atoms with Crippen molar-refractivity contribution >= 4 is 21.2 Å². The lowest BCUT2D eigenvalue weighted by atomic mass is 9.95. The Bertz CT molecular complexity index is 1420. The molecule has 0 spiro atoms. The second-order valence-corrected chi connectivity index (χ2v) is 11.5. The van der Waals surface area contributed by atoms with Gasteiger partial charge in [0.1, 0.15) is 0 Å². The number of piperazine rings is 1. The number of sulfone groups is 1. The summed E-state index contributed by atoms with van der Waals surface area (Å²) in [6, 6.07) is 17.7. The number of pyridine rings is 1. The van der Waals surface area contributed by atoms with Gasteiger partial charge in [0, 0.05) is 43.6 Å². The number of hydrogen-bond donors (Lipinski definition) is 0. The van der Waals surface area contributed by atoms with Gasteiger partial charge in [-0.1, -0.05) is 24.3 Å². The third-order valence-corrected chi connectivity index (χ3v) is 8.69. The van der Waals surface area contributed by atoms with Crippen molar-refractivity contribution < 1.29 is 8.42 Å². The Morgan fingerprint density at radius 3 is 2.38 bits per heavy atom. The monoisotopic (exact) mass is 474 g/mol. The fourth-order valence-corrected chi connectivity index (χ4v) is 5.44. The van der Waals surface area contributed by atoms with E-state index in [0.717, 1.165) is 48.4 Å². The van der Waals surface area contributed by atoms with Crippen LogP contribution in [-0.2, 0) is 9.84 Å². The first-order chi connectivity index (χ1) is 16.3. The Hall–Kier alpha value is -3.23. The number of hydrogen-bond acceptors (Lipinski definition) is 6. The van der Waals surface area contributed by atoms with E-state index >= 15 is 0 Å². The van der Waals surface area contributed by atoms with Gasteiger partial charge in [0.15, 0.2) is 15.5 Å². The quantitative estimate of drug-likeness (QED) is 0.438. The first-order valence-electron chi connectivity index (χ1n) is 11.5. The lowest BCUT2D eigenvalue weighted by Crippen LogP contribution is -2.44. The van der Waals surface area contributed by atoms with E-state index in [1.165, 1.54) is 5.69 Å². The van der Waals surface area contributed by atoms with Crippen molar-refractivity contribution in [3.63, 3.8) is 0 Å². The summed E-state index contributed by atoms with van der Waals surface area (Å²) in [5, 5.41) is 3.72. The molecule has 0 bridgehead atoms. The van der Waals surface area contributed by atoms with Crippen LogP contribution in [0.2, 0.25) is 0 Å². The number of benzene rings is 2. The Balaban J connectivity index is 1.60. The second kappa shape index (κ2) is 8.85. The third kappa shape index (κ3) is 4.08. The smallest absolute Gasteiger partial charge is 0.221 e. The summed E-state index contributed by atoms with van der Waals surface area (Å²) in [5.41, 5.74) is 5.76. The minimum absolute atomic E-state index is 0.324. The van der Waals surface area contributed by atoms with Gasteiger partial charge in [-0.05, 0) is 67.9 Å². The zero-order chi connectivity index (χ0) is 23.9. The number of nitrogens with zero attached hydrogens (tertiary/aromatic N) is 5. The standard InChI is InChI=1S/C26H28N5O2S/c1-19(2)34(32,33)23-9-7-20(8-10-23)25-24(11-12-31-26(25)27-18-28-31)21-5-4-6-22(17-21)30-15-13-29(3)14-16-30/h4-12,17,19H,13-16H2,1-3H3. The molecule has 7 nitrogen and oxygen atoms in total. The number of anilines is 1. The summed E-state index contributed by atoms with van der Waals surface area (Å²) in [4.78, 5) is 9.48. The molecule has 2 aromatic carbocycles. The van der Waals surface area contributed by atoms with Crippen LogP contribution in [0.5, 0.6) is 0 Å². The van der Waals surface area contributed by atoms with Crippen molar-refractivity contribution in [3.05, 3.63) is 67.1 Å². The van der Waals surface area contributed by atoms with Crippen LogP contribution >= 0.6 is 0 Å². The van der Waals surface area contributed by atoms with E-state index in [1.54, 1.807) is 30.5 Å². The molecule has 3 heterocycles. The fraction of sp³-hybridized carbons (Fsp3) is 0.308. The van der Waals surface area contributed by atoms with Gasteiger partial charge in [-0.2, -0.15) is 0 Å². The highest BCUT2D eigenvalue weighted by Gasteiger charge is 2.21. The van der Waals surface area contributed by atoms with Crippen molar-refractivity contribution in [1.29, 1.82) is 0 Å². The summed E-state index contributed by atoms with van der Waals surface area (Å²) in [5.74, 6) is 0. The van der Waals surface area contributed by atoms with Crippen molar-refractivity contribution in [2.24, 2.45) is 0 Å². The number of rotatable bonds is 5. The minimum atomic E-state index is -3.34. The van der Waals surface area contributed by atoms with E-state index < -0.39 is 15.1 Å². The van der Waals surface area contributed by atoms with Crippen LogP contribution in [-0.4, -0.2) is 66.4 Å². The summed E-state index contributed by atoms with van der Waals surface area (Å²) < 4.78 is 26.9. The molecular weight excluding hydrogens is 446 g/mol. The molecule has 175 valence electrons. The average molecular weight is 475 g/mol. The summed E-state index contributed by atoms with van der Waals surface area (Å²) in [6.07, 6.45) is 4.59. The van der Waals surface area contributed by atoms with Gasteiger partial charge in [-0.25, -0.2) is 17.9 Å². The molecular formula is C26H28N5O2S. The molecule has 5 rings (SSSR count). The van der Waals surface area contributed by atoms with Crippen molar-refractivity contribution in [3.8, 4) is 22.3 Å². The van der Waals surface area contributed by atoms with Crippen LogP contribution in [0.3, 0.4) is 0 Å². The first kappa shape index (κ1) is 22.6. The Morgan fingerprint density at radius 1 is 0.941 bits per heavy atom. The van der Waals surface area contributed by atoms with E-state index in [1.807, 2.05) is 24.4 Å². The zero-order valence-corrected chi connectivity index (χ0v) is 20.5. The summed E-state index contributed by atoms with van der Waals surface area (Å²) >= 11 is 0. The van der Waals surface area contributed by atoms with E-state index in [-0.39, 0.29) is 0 Å². The third-order valence-electron chi connectivity index (χ3n) is 6.52. The zero-order valence-electron chi connectivity index (χ0n) is 19.6. The minimum Gasteiger partial charge on any atom is -0.369 e. The number of aromatic nitrogens is 3. The molecule has 1 saturated heterocycles. The van der Waals surface area contributed by atoms with Crippen molar-refractivity contribution in [2.45, 2.75) is 24.0 Å². The van der Waals surface area contributed by atoms with Crippen molar-refractivity contribution in [2.75, 3.05) is 38.1 Å². The van der Waals surface area contributed by atoms with Crippen LogP contribution in [0, 0.1) is 6.33 Å². The Morgan fingerprint density at radius 2 is 1.68 bits per heavy atom. The van der Waals surface area contributed by atoms with Gasteiger partial charge in [0.2, 0.25) is 6.33 Å². The van der Waals surface area contributed by atoms with E-state index in [2.05, 4.69) is 57.5 Å². The number of likely N-dealkylation sites (N-methyl/N-ethyl adjacent to an activating group) is 1. The molecule has 1 radical (unpaired) electrons. The molecule has 1 aliphatic rings. The highest BCUT2D eigenvalue weighted by Crippen LogP contribution is 2.36. The average Bonchev–Trinajstić information content (AvgIpc) is 3.33. The van der Waals surface area contributed by atoms with Crippen molar-refractivity contribution in [1.82, 2.24) is 19.5 Å². The van der Waals surface area contributed by atoms with Gasteiger partial charge >= 0.3 is 0 Å². The Labute approximate surface area is 200 Å². The molecule has 0 aliphatic carbocycles. The second-order valence-electron chi connectivity index (χ2n) is 9.04.